The molecule has 0 atom stereocenters. The Bertz CT molecular complexity index is 600. The second-order valence-electron chi connectivity index (χ2n) is 3.21. The topological polar surface area (TPSA) is 118 Å². The molecule has 0 aliphatic carbocycles. The fraction of sp³-hybridized carbons (Fsp3) is 0.200. The van der Waals surface area contributed by atoms with Crippen LogP contribution in [0, 0.1) is 0 Å². The van der Waals surface area contributed by atoms with E-state index in [2.05, 4.69) is 4.74 Å². The quantitative estimate of drug-likeness (QED) is 0.372. The van der Waals surface area contributed by atoms with Gasteiger partial charge in [-0.2, -0.15) is 8.42 Å². The van der Waals surface area contributed by atoms with Crippen molar-refractivity contribution in [2.45, 2.75) is 11.8 Å². The molecular formula is C10H11NaO7S. The van der Waals surface area contributed by atoms with Crippen molar-refractivity contribution >= 4 is 22.1 Å². The third-order valence-electron chi connectivity index (χ3n) is 2.00. The van der Waals surface area contributed by atoms with Crippen molar-refractivity contribution in [1.29, 1.82) is 0 Å². The van der Waals surface area contributed by atoms with Crippen LogP contribution in [0.25, 0.3) is 0 Å². The number of carboxylic acid groups (broad SMARTS) is 1. The third-order valence-corrected chi connectivity index (χ3v) is 2.89. The maximum atomic E-state index is 11.4. The molecule has 0 saturated carbocycles. The van der Waals surface area contributed by atoms with E-state index >= 15 is 0 Å². The number of benzene rings is 1. The Balaban J connectivity index is 0. The molecule has 1 aromatic rings. The van der Waals surface area contributed by atoms with Crippen LogP contribution in [0.15, 0.2) is 23.1 Å². The molecule has 0 unspecified atom stereocenters. The molecule has 0 aromatic heterocycles. The number of aromatic carboxylic acids is 1. The number of hydrogen-bond acceptors (Lipinski definition) is 5. The average molecular weight is 298 g/mol. The Hall–Kier alpha value is -0.930. The second-order valence-corrected chi connectivity index (χ2v) is 4.60. The first kappa shape index (κ1) is 18.1. The maximum absolute atomic E-state index is 11.4. The van der Waals surface area contributed by atoms with Crippen LogP contribution in [0.2, 0.25) is 0 Å². The minimum Gasteiger partial charge on any atom is -1.00 e. The van der Waals surface area contributed by atoms with Crippen molar-refractivity contribution < 1.29 is 63.4 Å². The number of carbonyl (C=O) groups excluding carboxylic acids is 1. The smallest absolute Gasteiger partial charge is 1.00 e. The van der Waals surface area contributed by atoms with Crippen molar-refractivity contribution in [3.05, 3.63) is 29.3 Å². The van der Waals surface area contributed by atoms with Gasteiger partial charge in [0.05, 0.1) is 17.7 Å². The zero-order valence-corrected chi connectivity index (χ0v) is 13.1. The van der Waals surface area contributed by atoms with Gasteiger partial charge >= 0.3 is 41.5 Å². The van der Waals surface area contributed by atoms with Crippen molar-refractivity contribution in [3.63, 3.8) is 0 Å². The van der Waals surface area contributed by atoms with Crippen LogP contribution in [0.4, 0.5) is 0 Å². The number of esters is 1. The molecule has 7 nitrogen and oxygen atoms in total. The summed E-state index contributed by atoms with van der Waals surface area (Å²) in [6.07, 6.45) is 0. The van der Waals surface area contributed by atoms with Gasteiger partial charge in [0, 0.05) is 0 Å². The van der Waals surface area contributed by atoms with Crippen LogP contribution in [0.5, 0.6) is 0 Å². The summed E-state index contributed by atoms with van der Waals surface area (Å²) >= 11 is 0. The van der Waals surface area contributed by atoms with Crippen molar-refractivity contribution in [1.82, 2.24) is 0 Å². The van der Waals surface area contributed by atoms with Gasteiger partial charge in [-0.05, 0) is 25.1 Å². The molecule has 0 amide bonds. The normalized spacial score (nSPS) is 10.4. The summed E-state index contributed by atoms with van der Waals surface area (Å²) in [6.45, 7) is 1.65. The van der Waals surface area contributed by atoms with Crippen LogP contribution in [0.3, 0.4) is 0 Å². The Labute approximate surface area is 133 Å². The predicted octanol–water partition coefficient (Wildman–Crippen LogP) is -2.08. The number of hydrogen-bond donors (Lipinski definition) is 2. The summed E-state index contributed by atoms with van der Waals surface area (Å²) in [5.74, 6) is -2.34. The van der Waals surface area contributed by atoms with Gasteiger partial charge in [-0.1, -0.05) is 0 Å². The molecule has 2 N–H and O–H groups in total. The molecule has 19 heavy (non-hydrogen) atoms. The standard InChI is InChI=1S/C10H10O7S.Na.H/c1-2-17-10(13)6-3-4-7(9(11)12)8(5-6)18(14,15)16;;/h3-5H,2H2,1H3,(H,11,12)(H,14,15,16);;/q;+1;-1. The molecule has 0 fully saturated rings. The van der Waals surface area contributed by atoms with Crippen LogP contribution in [-0.4, -0.2) is 36.6 Å². The molecule has 1 rings (SSSR count). The van der Waals surface area contributed by atoms with Gasteiger partial charge < -0.3 is 11.3 Å². The van der Waals surface area contributed by atoms with Gasteiger partial charge in [0.2, 0.25) is 0 Å². The Kier molecular flexibility index (Phi) is 6.67. The second kappa shape index (κ2) is 7.01. The van der Waals surface area contributed by atoms with Gasteiger partial charge in [0.1, 0.15) is 4.90 Å². The molecule has 100 valence electrons. The summed E-state index contributed by atoms with van der Waals surface area (Å²) < 4.78 is 35.6. The van der Waals surface area contributed by atoms with Crippen LogP contribution in [-0.2, 0) is 14.9 Å². The van der Waals surface area contributed by atoms with E-state index in [0.717, 1.165) is 18.2 Å². The first-order valence-corrected chi connectivity index (χ1v) is 6.23. The summed E-state index contributed by atoms with van der Waals surface area (Å²) in [6, 6.07) is 2.78. The van der Waals surface area contributed by atoms with E-state index in [1.807, 2.05) is 0 Å². The molecule has 0 bridgehead atoms. The number of carbonyl (C=O) groups is 2. The van der Waals surface area contributed by atoms with Gasteiger partial charge in [0.25, 0.3) is 10.1 Å². The van der Waals surface area contributed by atoms with Crippen LogP contribution >= 0.6 is 0 Å². The number of carboxylic acids is 1. The first-order chi connectivity index (χ1) is 8.27. The fourth-order valence-electron chi connectivity index (χ4n) is 1.25. The van der Waals surface area contributed by atoms with E-state index in [-0.39, 0.29) is 43.2 Å². The Morgan fingerprint density at radius 3 is 2.37 bits per heavy atom. The molecular weight excluding hydrogens is 287 g/mol. The largest absolute Gasteiger partial charge is 1.00 e. The SMILES string of the molecule is CCOC(=O)c1ccc(C(=O)O)c(S(=O)(=O)O)c1.[H-].[Na+]. The van der Waals surface area contributed by atoms with Crippen LogP contribution in [0.1, 0.15) is 29.1 Å². The van der Waals surface area contributed by atoms with E-state index in [1.165, 1.54) is 0 Å². The van der Waals surface area contributed by atoms with Gasteiger partial charge in [0.15, 0.2) is 0 Å². The van der Waals surface area contributed by atoms with E-state index in [1.54, 1.807) is 6.92 Å². The molecule has 0 aliphatic heterocycles. The van der Waals surface area contributed by atoms with Crippen LogP contribution < -0.4 is 29.6 Å². The van der Waals surface area contributed by atoms with E-state index < -0.39 is 32.5 Å². The summed E-state index contributed by atoms with van der Waals surface area (Å²) in [5, 5.41) is 8.77. The minimum atomic E-state index is -4.74. The molecule has 0 radical (unpaired) electrons. The maximum Gasteiger partial charge on any atom is 1.00 e. The van der Waals surface area contributed by atoms with Gasteiger partial charge in [-0.25, -0.2) is 9.59 Å². The third kappa shape index (κ3) is 4.59. The number of rotatable bonds is 4. The van der Waals surface area contributed by atoms with E-state index in [9.17, 15) is 18.0 Å². The Morgan fingerprint density at radius 2 is 1.95 bits per heavy atom. The van der Waals surface area contributed by atoms with Gasteiger partial charge in [-0.3, -0.25) is 4.55 Å². The minimum absolute atomic E-state index is 0. The zero-order valence-electron chi connectivity index (χ0n) is 11.3. The zero-order chi connectivity index (χ0) is 13.9. The molecule has 0 spiro atoms. The fourth-order valence-corrected chi connectivity index (χ4v) is 1.96. The molecule has 0 aliphatic rings. The molecule has 9 heteroatoms. The van der Waals surface area contributed by atoms with Crippen molar-refractivity contribution in [2.75, 3.05) is 6.61 Å². The predicted molar refractivity (Wildman–Crippen MR) is 60.3 cm³/mol. The van der Waals surface area contributed by atoms with Crippen molar-refractivity contribution in [2.24, 2.45) is 0 Å². The first-order valence-electron chi connectivity index (χ1n) is 4.79. The summed E-state index contributed by atoms with van der Waals surface area (Å²) in [7, 11) is -4.74. The summed E-state index contributed by atoms with van der Waals surface area (Å²) in [5.41, 5.74) is -0.778. The van der Waals surface area contributed by atoms with E-state index in [0.29, 0.717) is 0 Å². The number of ether oxygens (including phenoxy) is 1. The molecule has 0 heterocycles. The van der Waals surface area contributed by atoms with Gasteiger partial charge in [-0.15, -0.1) is 0 Å². The summed E-state index contributed by atoms with van der Waals surface area (Å²) in [4.78, 5) is 21.3. The molecule has 1 aromatic carbocycles. The van der Waals surface area contributed by atoms with E-state index in [4.69, 9.17) is 9.66 Å². The van der Waals surface area contributed by atoms with Crippen molar-refractivity contribution in [3.8, 4) is 0 Å². The molecule has 0 saturated heterocycles. The Morgan fingerprint density at radius 1 is 1.37 bits per heavy atom. The monoisotopic (exact) mass is 298 g/mol. The average Bonchev–Trinajstić information content (AvgIpc) is 2.27.